The summed E-state index contributed by atoms with van der Waals surface area (Å²) in [7, 11) is 0. The van der Waals surface area contributed by atoms with E-state index in [1.165, 1.54) is 0 Å². The monoisotopic (exact) mass is 251 g/mol. The Morgan fingerprint density at radius 1 is 1.33 bits per heavy atom. The van der Waals surface area contributed by atoms with Crippen LogP contribution in [0.1, 0.15) is 26.3 Å². The summed E-state index contributed by atoms with van der Waals surface area (Å²) in [6.45, 7) is 6.15. The topological polar surface area (TPSA) is 58.6 Å². The van der Waals surface area contributed by atoms with Crippen molar-refractivity contribution < 1.29 is 14.6 Å². The molecule has 4 heteroatoms. The van der Waals surface area contributed by atoms with E-state index in [2.05, 4.69) is 5.32 Å². The first kappa shape index (κ1) is 14.5. The van der Waals surface area contributed by atoms with E-state index in [0.29, 0.717) is 13.0 Å². The molecule has 0 aliphatic rings. The maximum Gasteiger partial charge on any atom is 0.323 e. The molecule has 2 N–H and O–H groups in total. The third-order valence-electron chi connectivity index (χ3n) is 2.48. The zero-order valence-electron chi connectivity index (χ0n) is 11.1. The van der Waals surface area contributed by atoms with Crippen molar-refractivity contribution >= 4 is 5.97 Å². The van der Waals surface area contributed by atoms with Crippen LogP contribution in [0, 0.1) is 0 Å². The lowest BCUT2D eigenvalue weighted by atomic mass is 10.1. The highest BCUT2D eigenvalue weighted by molar-refractivity contribution is 5.76. The second-order valence-electron chi connectivity index (χ2n) is 4.50. The quantitative estimate of drug-likeness (QED) is 0.758. The Morgan fingerprint density at radius 3 is 2.44 bits per heavy atom. The molecule has 0 saturated heterocycles. The highest BCUT2D eigenvalue weighted by atomic mass is 16.5. The molecule has 1 aromatic carbocycles. The Labute approximate surface area is 108 Å². The number of nitrogens with one attached hydrogen (secondary N) is 1. The first-order valence-electron chi connectivity index (χ1n) is 6.23. The maximum absolute atomic E-state index is 11.8. The number of aromatic hydroxyl groups is 1. The summed E-state index contributed by atoms with van der Waals surface area (Å²) in [4.78, 5) is 11.8. The van der Waals surface area contributed by atoms with Crippen molar-refractivity contribution in [1.29, 1.82) is 0 Å². The van der Waals surface area contributed by atoms with Crippen LogP contribution in [-0.4, -0.2) is 29.8 Å². The minimum atomic E-state index is -0.352. The number of esters is 1. The van der Waals surface area contributed by atoms with Crippen molar-refractivity contribution in [2.75, 3.05) is 6.61 Å². The molecule has 0 radical (unpaired) electrons. The standard InChI is InChI=1S/C14H21NO3/c1-4-18-14(17)13(15-10(2)3)9-11-5-7-12(16)8-6-11/h5-8,10,13,15-16H,4,9H2,1-3H3. The van der Waals surface area contributed by atoms with Crippen molar-refractivity contribution in [2.45, 2.75) is 39.3 Å². The molecule has 18 heavy (non-hydrogen) atoms. The fourth-order valence-electron chi connectivity index (χ4n) is 1.72. The van der Waals surface area contributed by atoms with Crippen molar-refractivity contribution in [3.05, 3.63) is 29.8 Å². The Hall–Kier alpha value is -1.55. The summed E-state index contributed by atoms with van der Waals surface area (Å²) in [6, 6.07) is 6.71. The molecule has 0 amide bonds. The molecule has 1 rings (SSSR count). The zero-order valence-corrected chi connectivity index (χ0v) is 11.1. The largest absolute Gasteiger partial charge is 0.508 e. The van der Waals surface area contributed by atoms with Crippen LogP contribution in [0.4, 0.5) is 0 Å². The number of carbonyl (C=O) groups excluding carboxylic acids is 1. The van der Waals surface area contributed by atoms with E-state index in [1.807, 2.05) is 26.0 Å². The van der Waals surface area contributed by atoms with Gasteiger partial charge in [-0.25, -0.2) is 0 Å². The van der Waals surface area contributed by atoms with Gasteiger partial charge in [0.05, 0.1) is 6.61 Å². The van der Waals surface area contributed by atoms with Gasteiger partial charge in [0.15, 0.2) is 0 Å². The van der Waals surface area contributed by atoms with Gasteiger partial charge in [-0.05, 0) is 31.0 Å². The summed E-state index contributed by atoms with van der Waals surface area (Å²) in [5.74, 6) is -0.0115. The molecule has 0 bridgehead atoms. The minimum Gasteiger partial charge on any atom is -0.508 e. The second kappa shape index (κ2) is 7.01. The SMILES string of the molecule is CCOC(=O)C(Cc1ccc(O)cc1)NC(C)C. The van der Waals surface area contributed by atoms with Crippen molar-refractivity contribution in [1.82, 2.24) is 5.32 Å². The molecule has 1 unspecified atom stereocenters. The van der Waals surface area contributed by atoms with Crippen LogP contribution in [0.3, 0.4) is 0 Å². The molecule has 0 aliphatic carbocycles. The van der Waals surface area contributed by atoms with Crippen LogP contribution >= 0.6 is 0 Å². The predicted octanol–water partition coefficient (Wildman–Crippen LogP) is 1.86. The van der Waals surface area contributed by atoms with Gasteiger partial charge < -0.3 is 15.2 Å². The Morgan fingerprint density at radius 2 is 1.94 bits per heavy atom. The molecule has 4 nitrogen and oxygen atoms in total. The molecular weight excluding hydrogens is 230 g/mol. The van der Waals surface area contributed by atoms with Crippen molar-refractivity contribution in [3.8, 4) is 5.75 Å². The summed E-state index contributed by atoms with van der Waals surface area (Å²) < 4.78 is 5.05. The highest BCUT2D eigenvalue weighted by Gasteiger charge is 2.20. The summed E-state index contributed by atoms with van der Waals surface area (Å²) in [6.07, 6.45) is 0.553. The third-order valence-corrected chi connectivity index (χ3v) is 2.48. The molecule has 0 saturated carbocycles. The van der Waals surface area contributed by atoms with Crippen molar-refractivity contribution in [2.24, 2.45) is 0 Å². The van der Waals surface area contributed by atoms with Crippen LogP contribution in [0.15, 0.2) is 24.3 Å². The third kappa shape index (κ3) is 4.75. The van der Waals surface area contributed by atoms with Crippen LogP contribution in [0.5, 0.6) is 5.75 Å². The summed E-state index contributed by atoms with van der Waals surface area (Å²) in [5.41, 5.74) is 0.985. The van der Waals surface area contributed by atoms with E-state index in [9.17, 15) is 9.90 Å². The predicted molar refractivity (Wildman–Crippen MR) is 70.5 cm³/mol. The number of carbonyl (C=O) groups is 1. The van der Waals surface area contributed by atoms with Crippen LogP contribution in [-0.2, 0) is 16.0 Å². The lowest BCUT2D eigenvalue weighted by Gasteiger charge is -2.19. The Balaban J connectivity index is 2.71. The Bertz CT molecular complexity index is 373. The second-order valence-corrected chi connectivity index (χ2v) is 4.50. The molecule has 100 valence electrons. The van der Waals surface area contributed by atoms with Crippen LogP contribution in [0.2, 0.25) is 0 Å². The summed E-state index contributed by atoms with van der Waals surface area (Å²) >= 11 is 0. The van der Waals surface area contributed by atoms with Gasteiger partial charge in [0.1, 0.15) is 11.8 Å². The van der Waals surface area contributed by atoms with E-state index in [4.69, 9.17) is 4.74 Å². The molecular formula is C14H21NO3. The lowest BCUT2D eigenvalue weighted by molar-refractivity contribution is -0.145. The molecule has 1 aromatic rings. The van der Waals surface area contributed by atoms with Gasteiger partial charge in [-0.2, -0.15) is 0 Å². The number of hydrogen-bond acceptors (Lipinski definition) is 4. The minimum absolute atomic E-state index is 0.205. The van der Waals surface area contributed by atoms with Gasteiger partial charge in [-0.1, -0.05) is 26.0 Å². The normalized spacial score (nSPS) is 12.4. The number of phenolic OH excluding ortho intramolecular Hbond substituents is 1. The number of rotatable bonds is 6. The van der Waals surface area contributed by atoms with Gasteiger partial charge in [0.2, 0.25) is 0 Å². The highest BCUT2D eigenvalue weighted by Crippen LogP contribution is 2.12. The first-order valence-corrected chi connectivity index (χ1v) is 6.23. The maximum atomic E-state index is 11.8. The number of ether oxygens (including phenoxy) is 1. The summed E-state index contributed by atoms with van der Waals surface area (Å²) in [5, 5.41) is 12.4. The molecule has 0 aliphatic heterocycles. The van der Waals surface area contributed by atoms with Gasteiger partial charge in [0, 0.05) is 6.04 Å². The van der Waals surface area contributed by atoms with Gasteiger partial charge in [-0.15, -0.1) is 0 Å². The number of hydrogen-bond donors (Lipinski definition) is 2. The molecule has 0 heterocycles. The van der Waals surface area contributed by atoms with E-state index < -0.39 is 0 Å². The molecule has 0 aromatic heterocycles. The molecule has 0 fully saturated rings. The van der Waals surface area contributed by atoms with Gasteiger partial charge in [-0.3, -0.25) is 4.79 Å². The first-order chi connectivity index (χ1) is 8.52. The van der Waals surface area contributed by atoms with E-state index >= 15 is 0 Å². The zero-order chi connectivity index (χ0) is 13.5. The van der Waals surface area contributed by atoms with Gasteiger partial charge >= 0.3 is 5.97 Å². The average molecular weight is 251 g/mol. The number of benzene rings is 1. The van der Waals surface area contributed by atoms with Gasteiger partial charge in [0.25, 0.3) is 0 Å². The van der Waals surface area contributed by atoms with E-state index in [0.717, 1.165) is 5.56 Å². The number of phenols is 1. The Kier molecular flexibility index (Phi) is 5.65. The fraction of sp³-hybridized carbons (Fsp3) is 0.500. The van der Waals surface area contributed by atoms with E-state index in [-0.39, 0.29) is 23.8 Å². The van der Waals surface area contributed by atoms with Crippen molar-refractivity contribution in [3.63, 3.8) is 0 Å². The molecule has 0 spiro atoms. The van der Waals surface area contributed by atoms with Crippen LogP contribution in [0.25, 0.3) is 0 Å². The van der Waals surface area contributed by atoms with Crippen LogP contribution < -0.4 is 5.32 Å². The molecule has 1 atom stereocenters. The lowest BCUT2D eigenvalue weighted by Crippen LogP contribution is -2.43. The fourth-order valence-corrected chi connectivity index (χ4v) is 1.72. The van der Waals surface area contributed by atoms with E-state index in [1.54, 1.807) is 19.1 Å². The average Bonchev–Trinajstić information content (AvgIpc) is 2.31. The smallest absolute Gasteiger partial charge is 0.323 e.